The van der Waals surface area contributed by atoms with Crippen LogP contribution in [0.1, 0.15) is 19.3 Å². The molecule has 0 radical (unpaired) electrons. The highest BCUT2D eigenvalue weighted by atomic mass is 16.6. The fraction of sp³-hybridized carbons (Fsp3) is 0.778. The molecule has 1 heterocycles. The number of rotatable bonds is 3. The lowest BCUT2D eigenvalue weighted by molar-refractivity contribution is 0.0375. The van der Waals surface area contributed by atoms with Gasteiger partial charge in [0.2, 0.25) is 0 Å². The predicted molar refractivity (Wildman–Crippen MR) is 42.5 cm³/mol. The summed E-state index contributed by atoms with van der Waals surface area (Å²) in [6, 6.07) is 0. The monoisotopic (exact) mass is 154 g/mol. The molecule has 0 bridgehead atoms. The third-order valence-corrected chi connectivity index (χ3v) is 2.14. The molecular formula is C9H14O2. The number of hydrogen-bond acceptors (Lipinski definition) is 2. The molecule has 0 N–H and O–H groups in total. The second-order valence-electron chi connectivity index (χ2n) is 3.20. The Morgan fingerprint density at radius 1 is 1.45 bits per heavy atom. The molecule has 1 fully saturated rings. The van der Waals surface area contributed by atoms with Crippen molar-refractivity contribution >= 4 is 0 Å². The van der Waals surface area contributed by atoms with Gasteiger partial charge < -0.3 is 9.47 Å². The van der Waals surface area contributed by atoms with Crippen LogP contribution in [0, 0.1) is 0 Å². The van der Waals surface area contributed by atoms with Crippen LogP contribution >= 0.6 is 0 Å². The molecule has 2 aliphatic rings. The van der Waals surface area contributed by atoms with Crippen LogP contribution in [-0.2, 0) is 9.47 Å². The Labute approximate surface area is 67.2 Å². The summed E-state index contributed by atoms with van der Waals surface area (Å²) in [6.45, 7) is 1.71. The average Bonchev–Trinajstić information content (AvgIpc) is 2.86. The molecular weight excluding hydrogens is 140 g/mol. The van der Waals surface area contributed by atoms with E-state index < -0.39 is 0 Å². The lowest BCUT2D eigenvalue weighted by atomic mass is 10.1. The summed E-state index contributed by atoms with van der Waals surface area (Å²) < 4.78 is 10.7. The van der Waals surface area contributed by atoms with Gasteiger partial charge in [0.05, 0.1) is 19.3 Å². The Balaban J connectivity index is 1.64. The second kappa shape index (κ2) is 3.37. The molecule has 1 aliphatic carbocycles. The van der Waals surface area contributed by atoms with Crippen molar-refractivity contribution in [2.45, 2.75) is 31.5 Å². The van der Waals surface area contributed by atoms with Gasteiger partial charge in [-0.2, -0.15) is 0 Å². The fourth-order valence-corrected chi connectivity index (χ4v) is 1.32. The maximum absolute atomic E-state index is 5.63. The average molecular weight is 154 g/mol. The van der Waals surface area contributed by atoms with Crippen molar-refractivity contribution in [3.05, 3.63) is 12.2 Å². The molecule has 2 unspecified atom stereocenters. The van der Waals surface area contributed by atoms with E-state index in [1.807, 2.05) is 0 Å². The van der Waals surface area contributed by atoms with E-state index in [9.17, 15) is 0 Å². The van der Waals surface area contributed by atoms with Gasteiger partial charge in [0.1, 0.15) is 6.10 Å². The summed E-state index contributed by atoms with van der Waals surface area (Å²) in [4.78, 5) is 0. The Bertz CT molecular complexity index is 150. The standard InChI is InChI=1S/C9H14O2/c1-2-4-8(5-3-1)10-6-9-7-11-9/h1-2,8-9H,3-7H2. The van der Waals surface area contributed by atoms with Gasteiger partial charge in [0.25, 0.3) is 0 Å². The summed E-state index contributed by atoms with van der Waals surface area (Å²) in [5.41, 5.74) is 0. The number of hydrogen-bond donors (Lipinski definition) is 0. The predicted octanol–water partition coefficient (Wildman–Crippen LogP) is 1.51. The molecule has 1 aliphatic heterocycles. The molecule has 62 valence electrons. The van der Waals surface area contributed by atoms with Gasteiger partial charge in [-0.1, -0.05) is 12.2 Å². The van der Waals surface area contributed by atoms with Gasteiger partial charge in [-0.05, 0) is 19.3 Å². The Kier molecular flexibility index (Phi) is 2.24. The number of epoxide rings is 1. The minimum absolute atomic E-state index is 0.418. The van der Waals surface area contributed by atoms with E-state index in [0.29, 0.717) is 12.2 Å². The van der Waals surface area contributed by atoms with E-state index in [2.05, 4.69) is 12.2 Å². The SMILES string of the molecule is C1=CCC(OCC2CO2)CC1. The molecule has 2 rings (SSSR count). The zero-order chi connectivity index (χ0) is 7.52. The van der Waals surface area contributed by atoms with Crippen LogP contribution in [-0.4, -0.2) is 25.4 Å². The van der Waals surface area contributed by atoms with Crippen molar-refractivity contribution in [3.63, 3.8) is 0 Å². The van der Waals surface area contributed by atoms with E-state index in [0.717, 1.165) is 19.6 Å². The topological polar surface area (TPSA) is 21.8 Å². The molecule has 0 aromatic carbocycles. The first-order chi connectivity index (χ1) is 5.45. The van der Waals surface area contributed by atoms with E-state index >= 15 is 0 Å². The van der Waals surface area contributed by atoms with Crippen LogP contribution in [0.5, 0.6) is 0 Å². The van der Waals surface area contributed by atoms with Crippen LogP contribution in [0.15, 0.2) is 12.2 Å². The van der Waals surface area contributed by atoms with Crippen molar-refractivity contribution in [3.8, 4) is 0 Å². The van der Waals surface area contributed by atoms with E-state index in [4.69, 9.17) is 9.47 Å². The molecule has 2 nitrogen and oxygen atoms in total. The molecule has 2 atom stereocenters. The largest absolute Gasteiger partial charge is 0.375 e. The van der Waals surface area contributed by atoms with Gasteiger partial charge in [-0.15, -0.1) is 0 Å². The van der Waals surface area contributed by atoms with Crippen LogP contribution in [0.2, 0.25) is 0 Å². The van der Waals surface area contributed by atoms with Crippen molar-refractivity contribution < 1.29 is 9.47 Å². The van der Waals surface area contributed by atoms with E-state index in [-0.39, 0.29) is 0 Å². The van der Waals surface area contributed by atoms with Crippen molar-refractivity contribution in [1.29, 1.82) is 0 Å². The van der Waals surface area contributed by atoms with Crippen LogP contribution in [0.25, 0.3) is 0 Å². The maximum Gasteiger partial charge on any atom is 0.104 e. The normalized spacial score (nSPS) is 35.6. The van der Waals surface area contributed by atoms with Gasteiger partial charge in [0, 0.05) is 0 Å². The van der Waals surface area contributed by atoms with Crippen molar-refractivity contribution in [1.82, 2.24) is 0 Å². The zero-order valence-corrected chi connectivity index (χ0v) is 6.66. The van der Waals surface area contributed by atoms with Gasteiger partial charge in [-0.25, -0.2) is 0 Å². The molecule has 0 spiro atoms. The molecule has 0 saturated carbocycles. The Morgan fingerprint density at radius 3 is 3.00 bits per heavy atom. The van der Waals surface area contributed by atoms with Crippen LogP contribution < -0.4 is 0 Å². The van der Waals surface area contributed by atoms with Crippen molar-refractivity contribution in [2.75, 3.05) is 13.2 Å². The second-order valence-corrected chi connectivity index (χ2v) is 3.20. The summed E-state index contributed by atoms with van der Waals surface area (Å²) >= 11 is 0. The quantitative estimate of drug-likeness (QED) is 0.454. The first kappa shape index (κ1) is 7.32. The molecule has 0 aromatic rings. The minimum atomic E-state index is 0.418. The fourth-order valence-electron chi connectivity index (χ4n) is 1.32. The Hall–Kier alpha value is -0.340. The molecule has 1 saturated heterocycles. The zero-order valence-electron chi connectivity index (χ0n) is 6.66. The van der Waals surface area contributed by atoms with Gasteiger partial charge in [-0.3, -0.25) is 0 Å². The summed E-state index contributed by atoms with van der Waals surface area (Å²) in [5, 5.41) is 0. The first-order valence-electron chi connectivity index (χ1n) is 4.33. The highest BCUT2D eigenvalue weighted by Gasteiger charge is 2.24. The van der Waals surface area contributed by atoms with E-state index in [1.165, 1.54) is 12.8 Å². The lowest BCUT2D eigenvalue weighted by Gasteiger charge is -2.17. The molecule has 11 heavy (non-hydrogen) atoms. The summed E-state index contributed by atoms with van der Waals surface area (Å²) in [6.07, 6.45) is 8.77. The maximum atomic E-state index is 5.63. The summed E-state index contributed by atoms with van der Waals surface area (Å²) in [7, 11) is 0. The van der Waals surface area contributed by atoms with Gasteiger partial charge >= 0.3 is 0 Å². The lowest BCUT2D eigenvalue weighted by Crippen LogP contribution is -2.16. The first-order valence-corrected chi connectivity index (χ1v) is 4.33. The van der Waals surface area contributed by atoms with Crippen LogP contribution in [0.4, 0.5) is 0 Å². The minimum Gasteiger partial charge on any atom is -0.375 e. The Morgan fingerprint density at radius 2 is 2.36 bits per heavy atom. The highest BCUT2D eigenvalue weighted by molar-refractivity contribution is 4.90. The molecule has 0 aromatic heterocycles. The smallest absolute Gasteiger partial charge is 0.104 e. The van der Waals surface area contributed by atoms with E-state index in [1.54, 1.807) is 0 Å². The molecule has 0 amide bonds. The number of allylic oxidation sites excluding steroid dienone is 1. The highest BCUT2D eigenvalue weighted by Crippen LogP contribution is 2.17. The molecule has 2 heteroatoms. The number of ether oxygens (including phenoxy) is 2. The van der Waals surface area contributed by atoms with Crippen LogP contribution in [0.3, 0.4) is 0 Å². The third-order valence-electron chi connectivity index (χ3n) is 2.14. The summed E-state index contributed by atoms with van der Waals surface area (Å²) in [5.74, 6) is 0. The van der Waals surface area contributed by atoms with Gasteiger partial charge in [0.15, 0.2) is 0 Å². The third kappa shape index (κ3) is 2.31. The van der Waals surface area contributed by atoms with Crippen molar-refractivity contribution in [2.24, 2.45) is 0 Å².